The van der Waals surface area contributed by atoms with Gasteiger partial charge in [0.05, 0.1) is 17.7 Å². The van der Waals surface area contributed by atoms with E-state index in [0.29, 0.717) is 18.8 Å². The van der Waals surface area contributed by atoms with Gasteiger partial charge in [0.1, 0.15) is 6.54 Å². The molecule has 2 aliphatic rings. The summed E-state index contributed by atoms with van der Waals surface area (Å²) in [7, 11) is 0. The molecule has 146 valence electrons. The van der Waals surface area contributed by atoms with Crippen molar-refractivity contribution in [2.45, 2.75) is 44.3 Å². The zero-order chi connectivity index (χ0) is 19.6. The third-order valence-electron chi connectivity index (χ3n) is 5.02. The van der Waals surface area contributed by atoms with Crippen LogP contribution in [-0.2, 0) is 16.1 Å². The Bertz CT molecular complexity index is 797. The van der Waals surface area contributed by atoms with E-state index in [4.69, 9.17) is 5.11 Å². The van der Waals surface area contributed by atoms with Crippen LogP contribution in [0.4, 0.5) is 5.69 Å². The van der Waals surface area contributed by atoms with E-state index >= 15 is 0 Å². The topological polar surface area (TPSA) is 135 Å². The second-order valence-corrected chi connectivity index (χ2v) is 7.27. The van der Waals surface area contributed by atoms with E-state index in [1.165, 1.54) is 0 Å². The number of amides is 1. The molecule has 0 aliphatic heterocycles. The Kier molecular flexibility index (Phi) is 5.54. The summed E-state index contributed by atoms with van der Waals surface area (Å²) in [6.07, 6.45) is 4.66. The Morgan fingerprint density at radius 3 is 2.63 bits per heavy atom. The molecule has 10 heteroatoms. The minimum Gasteiger partial charge on any atom is -0.480 e. The summed E-state index contributed by atoms with van der Waals surface area (Å²) < 4.78 is 1.01. The van der Waals surface area contributed by atoms with E-state index in [2.05, 4.69) is 5.32 Å². The van der Waals surface area contributed by atoms with Gasteiger partial charge in [0.15, 0.2) is 0 Å². The summed E-state index contributed by atoms with van der Waals surface area (Å²) in [5.74, 6) is -0.667. The lowest BCUT2D eigenvalue weighted by Crippen LogP contribution is -2.55. The molecule has 0 saturated heterocycles. The minimum atomic E-state index is -0.854. The summed E-state index contributed by atoms with van der Waals surface area (Å²) in [5, 5.41) is 22.6. The fraction of sp³-hybridized carbons (Fsp3) is 0.588. The van der Waals surface area contributed by atoms with E-state index in [-0.39, 0.29) is 30.9 Å². The molecule has 2 saturated carbocycles. The molecule has 10 nitrogen and oxygen atoms in total. The number of pyridine rings is 1. The van der Waals surface area contributed by atoms with Crippen LogP contribution in [0.5, 0.6) is 0 Å². The number of aliphatic carboxylic acids is 1. The number of nitrogens with zero attached hydrogens (tertiary/aromatic N) is 3. The number of nitrogens with one attached hydrogen (secondary N) is 1. The number of carboxylic acids is 1. The van der Waals surface area contributed by atoms with E-state index in [1.54, 1.807) is 0 Å². The van der Waals surface area contributed by atoms with Crippen LogP contribution in [0.1, 0.15) is 25.7 Å². The van der Waals surface area contributed by atoms with Crippen molar-refractivity contribution in [3.63, 3.8) is 0 Å². The van der Waals surface area contributed by atoms with Crippen LogP contribution in [0.15, 0.2) is 23.1 Å². The predicted molar refractivity (Wildman–Crippen MR) is 94.2 cm³/mol. The van der Waals surface area contributed by atoms with Gasteiger partial charge in [-0.15, -0.1) is 0 Å². The largest absolute Gasteiger partial charge is 0.480 e. The number of aromatic nitrogens is 1. The summed E-state index contributed by atoms with van der Waals surface area (Å²) in [6, 6.07) is 2.22. The zero-order valence-electron chi connectivity index (χ0n) is 14.7. The maximum absolute atomic E-state index is 12.1. The summed E-state index contributed by atoms with van der Waals surface area (Å²) in [4.78, 5) is 47.1. The smallest absolute Gasteiger partial charge is 0.317 e. The number of hydrogen-bond acceptors (Lipinski definition) is 6. The third-order valence-corrected chi connectivity index (χ3v) is 5.02. The van der Waals surface area contributed by atoms with Crippen LogP contribution in [0.3, 0.4) is 0 Å². The number of hydrogen-bond donors (Lipinski definition) is 2. The molecule has 0 radical (unpaired) electrons. The first-order valence-electron chi connectivity index (χ1n) is 8.92. The van der Waals surface area contributed by atoms with Crippen molar-refractivity contribution in [2.24, 2.45) is 5.92 Å². The third kappa shape index (κ3) is 5.13. The normalized spacial score (nSPS) is 21.5. The van der Waals surface area contributed by atoms with Crippen molar-refractivity contribution >= 4 is 17.6 Å². The van der Waals surface area contributed by atoms with Gasteiger partial charge in [-0.05, 0) is 31.6 Å². The number of carbonyl (C=O) groups is 2. The molecule has 3 rings (SSSR count). The molecule has 2 fully saturated rings. The molecule has 1 aromatic heterocycles. The summed E-state index contributed by atoms with van der Waals surface area (Å²) >= 11 is 0. The van der Waals surface area contributed by atoms with E-state index in [1.807, 2.05) is 4.90 Å². The Morgan fingerprint density at radius 2 is 2.04 bits per heavy atom. The van der Waals surface area contributed by atoms with E-state index in [0.717, 1.165) is 42.3 Å². The van der Waals surface area contributed by atoms with Crippen LogP contribution in [0.2, 0.25) is 0 Å². The minimum absolute atomic E-state index is 0.00487. The van der Waals surface area contributed by atoms with Crippen LogP contribution >= 0.6 is 0 Å². The maximum Gasteiger partial charge on any atom is 0.317 e. The summed E-state index contributed by atoms with van der Waals surface area (Å²) in [5.41, 5.74) is -0.741. The first-order valence-corrected chi connectivity index (χ1v) is 8.92. The lowest BCUT2D eigenvalue weighted by molar-refractivity contribution is -0.385. The lowest BCUT2D eigenvalue weighted by Gasteiger charge is -2.42. The standard InChI is InChI=1S/C17H22N4O6/c22-15(9-20-8-13(21(26)27)3-4-16(20)23)18-12-5-14(6-12)19(10-17(24)25)7-11-1-2-11/h3-4,8,11-12,14H,1-2,5-7,9-10H2,(H,18,22)(H,24,25). The quantitative estimate of drug-likeness (QED) is 0.463. The molecule has 1 aromatic rings. The van der Waals surface area contributed by atoms with Gasteiger partial charge in [-0.1, -0.05) is 0 Å². The van der Waals surface area contributed by atoms with Crippen LogP contribution in [0, 0.1) is 16.0 Å². The molecular formula is C17H22N4O6. The van der Waals surface area contributed by atoms with Gasteiger partial charge in [0.2, 0.25) is 5.91 Å². The molecule has 0 spiro atoms. The van der Waals surface area contributed by atoms with Gasteiger partial charge < -0.3 is 10.4 Å². The van der Waals surface area contributed by atoms with Gasteiger partial charge in [-0.3, -0.25) is 34.0 Å². The number of carboxylic acid groups (broad SMARTS) is 1. The van der Waals surface area contributed by atoms with Crippen molar-refractivity contribution in [1.82, 2.24) is 14.8 Å². The maximum atomic E-state index is 12.1. The number of nitro groups is 1. The number of rotatable bonds is 9. The average molecular weight is 378 g/mol. The van der Waals surface area contributed by atoms with Gasteiger partial charge in [-0.25, -0.2) is 0 Å². The van der Waals surface area contributed by atoms with Crippen LogP contribution in [-0.4, -0.2) is 56.5 Å². The Hall–Kier alpha value is -2.75. The van der Waals surface area contributed by atoms with Crippen LogP contribution in [0.25, 0.3) is 0 Å². The molecule has 0 atom stereocenters. The molecule has 0 aromatic carbocycles. The van der Waals surface area contributed by atoms with Gasteiger partial charge in [0, 0.05) is 30.8 Å². The SMILES string of the molecule is O=C(O)CN(CC1CC1)C1CC(NC(=O)Cn2cc([N+](=O)[O-])ccc2=O)C1. The average Bonchev–Trinajstić information content (AvgIpc) is 3.35. The molecule has 27 heavy (non-hydrogen) atoms. The van der Waals surface area contributed by atoms with Crippen molar-refractivity contribution in [3.05, 3.63) is 38.8 Å². The Morgan fingerprint density at radius 1 is 1.33 bits per heavy atom. The molecular weight excluding hydrogens is 356 g/mol. The van der Waals surface area contributed by atoms with Crippen molar-refractivity contribution < 1.29 is 19.6 Å². The van der Waals surface area contributed by atoms with Crippen molar-refractivity contribution in [1.29, 1.82) is 0 Å². The van der Waals surface area contributed by atoms with E-state index in [9.17, 15) is 24.5 Å². The molecule has 2 N–H and O–H groups in total. The highest BCUT2D eigenvalue weighted by molar-refractivity contribution is 5.76. The lowest BCUT2D eigenvalue weighted by atomic mass is 9.85. The summed E-state index contributed by atoms with van der Waals surface area (Å²) in [6.45, 7) is 0.494. The Labute approximate surface area is 154 Å². The zero-order valence-corrected chi connectivity index (χ0v) is 14.7. The van der Waals surface area contributed by atoms with Gasteiger partial charge in [0.25, 0.3) is 11.2 Å². The first kappa shape index (κ1) is 19.0. The second-order valence-electron chi connectivity index (χ2n) is 7.27. The molecule has 0 bridgehead atoms. The van der Waals surface area contributed by atoms with E-state index < -0.39 is 22.4 Å². The highest BCUT2D eigenvalue weighted by Crippen LogP contribution is 2.33. The van der Waals surface area contributed by atoms with Gasteiger partial charge >= 0.3 is 5.97 Å². The highest BCUT2D eigenvalue weighted by atomic mass is 16.6. The van der Waals surface area contributed by atoms with Gasteiger partial charge in [-0.2, -0.15) is 0 Å². The molecule has 0 unspecified atom stereocenters. The van der Waals surface area contributed by atoms with Crippen LogP contribution < -0.4 is 10.9 Å². The fourth-order valence-corrected chi connectivity index (χ4v) is 3.33. The van der Waals surface area contributed by atoms with Crippen molar-refractivity contribution in [3.8, 4) is 0 Å². The Balaban J connectivity index is 1.50. The first-order chi connectivity index (χ1) is 12.8. The fourth-order valence-electron chi connectivity index (χ4n) is 3.33. The molecule has 2 aliphatic carbocycles. The predicted octanol–water partition coefficient (Wildman–Crippen LogP) is 0.200. The number of carbonyl (C=O) groups excluding carboxylic acids is 1. The monoisotopic (exact) mass is 378 g/mol. The highest BCUT2D eigenvalue weighted by Gasteiger charge is 2.37. The second kappa shape index (κ2) is 7.87. The molecule has 1 amide bonds. The van der Waals surface area contributed by atoms with Crippen molar-refractivity contribution in [2.75, 3.05) is 13.1 Å². The molecule has 1 heterocycles.